The molecule has 0 amide bonds. The summed E-state index contributed by atoms with van der Waals surface area (Å²) >= 11 is 0. The number of aromatic nitrogens is 2. The van der Waals surface area contributed by atoms with Crippen LogP contribution in [0.15, 0.2) is 36.4 Å². The van der Waals surface area contributed by atoms with Crippen molar-refractivity contribution in [2.45, 2.75) is 6.92 Å². The SMILES string of the molecule is Cc1cc(C(=O)O)c2nc(-c3ccc(Oc4c(F)c(F)c(F)c(F)c4F)cc3)[nH]c2c1. The maximum atomic E-state index is 13.8. The second-order valence-corrected chi connectivity index (χ2v) is 6.62. The first-order chi connectivity index (χ1) is 14.7. The third kappa shape index (κ3) is 3.45. The minimum absolute atomic E-state index is 0.0174. The predicted octanol–water partition coefficient (Wildman–Crippen LogP) is 5.72. The lowest BCUT2D eigenvalue weighted by Crippen LogP contribution is -2.04. The highest BCUT2D eigenvalue weighted by Gasteiger charge is 2.27. The number of fused-ring (bicyclic) bond motifs is 1. The van der Waals surface area contributed by atoms with Gasteiger partial charge in [0.1, 0.15) is 17.1 Å². The van der Waals surface area contributed by atoms with Crippen LogP contribution in [0.4, 0.5) is 22.0 Å². The Labute approximate surface area is 170 Å². The third-order valence-electron chi connectivity index (χ3n) is 4.48. The molecule has 1 heterocycles. The zero-order valence-corrected chi connectivity index (χ0v) is 15.6. The number of ether oxygens (including phenoxy) is 1. The molecule has 3 aromatic carbocycles. The van der Waals surface area contributed by atoms with Gasteiger partial charge in [0, 0.05) is 5.56 Å². The molecule has 0 bridgehead atoms. The summed E-state index contributed by atoms with van der Waals surface area (Å²) < 4.78 is 72.2. The van der Waals surface area contributed by atoms with Gasteiger partial charge in [-0.1, -0.05) is 0 Å². The summed E-state index contributed by atoms with van der Waals surface area (Å²) in [4.78, 5) is 18.7. The molecule has 10 heteroatoms. The van der Waals surface area contributed by atoms with Gasteiger partial charge in [-0.3, -0.25) is 0 Å². The van der Waals surface area contributed by atoms with Gasteiger partial charge in [0.25, 0.3) is 0 Å². The molecule has 4 rings (SSSR count). The number of imidazole rings is 1. The largest absolute Gasteiger partial charge is 0.478 e. The molecular weight excluding hydrogens is 423 g/mol. The Kier molecular flexibility index (Phi) is 4.84. The fraction of sp³-hybridized carbons (Fsp3) is 0.0476. The van der Waals surface area contributed by atoms with Crippen LogP contribution in [-0.2, 0) is 0 Å². The molecule has 0 atom stereocenters. The van der Waals surface area contributed by atoms with Gasteiger partial charge >= 0.3 is 5.97 Å². The Balaban J connectivity index is 1.69. The highest BCUT2D eigenvalue weighted by atomic mass is 19.2. The fourth-order valence-corrected chi connectivity index (χ4v) is 3.03. The number of carboxylic acids is 1. The summed E-state index contributed by atoms with van der Waals surface area (Å²) in [5.74, 6) is -13.1. The number of halogens is 5. The smallest absolute Gasteiger partial charge is 0.337 e. The Morgan fingerprint density at radius 2 is 1.52 bits per heavy atom. The minimum Gasteiger partial charge on any atom is -0.478 e. The van der Waals surface area contributed by atoms with Crippen LogP contribution in [0.1, 0.15) is 15.9 Å². The summed E-state index contributed by atoms with van der Waals surface area (Å²) in [7, 11) is 0. The van der Waals surface area contributed by atoms with Crippen LogP contribution in [-0.4, -0.2) is 21.0 Å². The number of H-pyrrole nitrogens is 1. The van der Waals surface area contributed by atoms with E-state index in [1.165, 1.54) is 30.3 Å². The number of aromatic amines is 1. The topological polar surface area (TPSA) is 75.2 Å². The summed E-state index contributed by atoms with van der Waals surface area (Å²) in [6.45, 7) is 1.73. The van der Waals surface area contributed by atoms with E-state index in [1.54, 1.807) is 13.0 Å². The lowest BCUT2D eigenvalue weighted by Gasteiger charge is -2.10. The van der Waals surface area contributed by atoms with Crippen LogP contribution in [0.2, 0.25) is 0 Å². The van der Waals surface area contributed by atoms with Crippen LogP contribution < -0.4 is 4.74 Å². The summed E-state index contributed by atoms with van der Waals surface area (Å²) in [5, 5.41) is 9.36. The van der Waals surface area contributed by atoms with E-state index in [1.807, 2.05) is 0 Å². The van der Waals surface area contributed by atoms with Crippen molar-refractivity contribution in [1.29, 1.82) is 0 Å². The van der Waals surface area contributed by atoms with Crippen LogP contribution >= 0.6 is 0 Å². The summed E-state index contributed by atoms with van der Waals surface area (Å²) in [6.07, 6.45) is 0. The predicted molar refractivity (Wildman–Crippen MR) is 99.5 cm³/mol. The maximum absolute atomic E-state index is 13.8. The molecule has 31 heavy (non-hydrogen) atoms. The summed E-state index contributed by atoms with van der Waals surface area (Å²) in [5.41, 5.74) is 1.94. The first-order valence-electron chi connectivity index (χ1n) is 8.70. The number of rotatable bonds is 4. The standard InChI is InChI=1S/C21H11F5N2O3/c1-8-6-11(21(29)30)18-12(7-8)27-20(28-18)9-2-4-10(5-3-9)31-19-16(25)14(23)13(22)15(24)17(19)26/h2-7H,1H3,(H,27,28)(H,29,30). The van der Waals surface area contributed by atoms with E-state index in [4.69, 9.17) is 4.74 Å². The van der Waals surface area contributed by atoms with Crippen molar-refractivity contribution in [2.24, 2.45) is 0 Å². The molecule has 0 fully saturated rings. The summed E-state index contributed by atoms with van der Waals surface area (Å²) in [6, 6.07) is 8.53. The molecule has 0 saturated carbocycles. The lowest BCUT2D eigenvalue weighted by molar-refractivity contribution is 0.0698. The number of aromatic carboxylic acids is 1. The van der Waals surface area contributed by atoms with Gasteiger partial charge in [-0.25, -0.2) is 22.9 Å². The first kappa shape index (κ1) is 20.3. The number of carboxylic acid groups (broad SMARTS) is 1. The average molecular weight is 434 g/mol. The molecule has 0 aliphatic rings. The molecule has 0 spiro atoms. The molecule has 0 saturated heterocycles. The zero-order chi connectivity index (χ0) is 22.4. The van der Waals surface area contributed by atoms with Crippen molar-refractivity contribution in [3.63, 3.8) is 0 Å². The Morgan fingerprint density at radius 3 is 2.10 bits per heavy atom. The van der Waals surface area contributed by atoms with Gasteiger partial charge in [0.15, 0.2) is 0 Å². The first-order valence-corrected chi connectivity index (χ1v) is 8.70. The van der Waals surface area contributed by atoms with Crippen molar-refractivity contribution in [1.82, 2.24) is 9.97 Å². The molecule has 0 aliphatic carbocycles. The molecule has 1 aromatic heterocycles. The van der Waals surface area contributed by atoms with E-state index in [-0.39, 0.29) is 16.8 Å². The third-order valence-corrected chi connectivity index (χ3v) is 4.48. The number of benzene rings is 3. The van der Waals surface area contributed by atoms with Gasteiger partial charge in [-0.15, -0.1) is 0 Å². The number of nitrogens with one attached hydrogen (secondary N) is 1. The van der Waals surface area contributed by atoms with E-state index in [9.17, 15) is 31.9 Å². The molecule has 0 aliphatic heterocycles. The van der Waals surface area contributed by atoms with Gasteiger partial charge < -0.3 is 14.8 Å². The van der Waals surface area contributed by atoms with E-state index in [0.29, 0.717) is 22.5 Å². The second kappa shape index (κ2) is 7.38. The number of carbonyl (C=O) groups is 1. The monoisotopic (exact) mass is 434 g/mol. The molecule has 158 valence electrons. The van der Waals surface area contributed by atoms with Crippen molar-refractivity contribution >= 4 is 17.0 Å². The van der Waals surface area contributed by atoms with Gasteiger partial charge in [-0.05, 0) is 48.9 Å². The number of hydrogen-bond donors (Lipinski definition) is 2. The van der Waals surface area contributed by atoms with Gasteiger partial charge in [-0.2, -0.15) is 8.78 Å². The second-order valence-electron chi connectivity index (χ2n) is 6.62. The van der Waals surface area contributed by atoms with Crippen LogP contribution in [0.25, 0.3) is 22.4 Å². The Morgan fingerprint density at radius 1 is 0.935 bits per heavy atom. The van der Waals surface area contributed by atoms with Gasteiger partial charge in [0.05, 0.1) is 11.1 Å². The molecule has 0 radical (unpaired) electrons. The average Bonchev–Trinajstić information content (AvgIpc) is 3.17. The molecule has 0 unspecified atom stereocenters. The van der Waals surface area contributed by atoms with E-state index < -0.39 is 40.8 Å². The normalized spacial score (nSPS) is 11.2. The van der Waals surface area contributed by atoms with Crippen LogP contribution in [0.3, 0.4) is 0 Å². The zero-order valence-electron chi connectivity index (χ0n) is 15.6. The molecule has 4 aromatic rings. The van der Waals surface area contributed by atoms with Crippen molar-refractivity contribution in [2.75, 3.05) is 0 Å². The quantitative estimate of drug-likeness (QED) is 0.245. The Hall–Kier alpha value is -3.95. The van der Waals surface area contributed by atoms with E-state index >= 15 is 0 Å². The van der Waals surface area contributed by atoms with E-state index in [0.717, 1.165) is 0 Å². The van der Waals surface area contributed by atoms with E-state index in [2.05, 4.69) is 9.97 Å². The fourth-order valence-electron chi connectivity index (χ4n) is 3.03. The highest BCUT2D eigenvalue weighted by molar-refractivity contribution is 6.02. The van der Waals surface area contributed by atoms with Crippen molar-refractivity contribution in [3.05, 3.63) is 76.6 Å². The van der Waals surface area contributed by atoms with Crippen LogP contribution in [0, 0.1) is 36.0 Å². The number of aryl methyl sites for hydroxylation is 1. The maximum Gasteiger partial charge on any atom is 0.337 e. The number of nitrogens with zero attached hydrogens (tertiary/aromatic N) is 1. The molecule has 2 N–H and O–H groups in total. The Bertz CT molecular complexity index is 1320. The van der Waals surface area contributed by atoms with Crippen molar-refractivity contribution < 1.29 is 36.6 Å². The van der Waals surface area contributed by atoms with Gasteiger partial charge in [0.2, 0.25) is 34.8 Å². The molecular formula is C21H11F5N2O3. The number of hydrogen-bond acceptors (Lipinski definition) is 3. The molecule has 5 nitrogen and oxygen atoms in total. The van der Waals surface area contributed by atoms with Crippen molar-refractivity contribution in [3.8, 4) is 22.9 Å². The highest BCUT2D eigenvalue weighted by Crippen LogP contribution is 2.33. The van der Waals surface area contributed by atoms with Crippen LogP contribution in [0.5, 0.6) is 11.5 Å². The lowest BCUT2D eigenvalue weighted by atomic mass is 10.1. The minimum atomic E-state index is -2.28.